The van der Waals surface area contributed by atoms with Gasteiger partial charge >= 0.3 is 0 Å². The van der Waals surface area contributed by atoms with E-state index in [4.69, 9.17) is 4.74 Å². The molecule has 0 radical (unpaired) electrons. The first-order valence-electron chi connectivity index (χ1n) is 17.4. The second-order valence-corrected chi connectivity index (χ2v) is 13.5. The zero-order valence-corrected chi connectivity index (χ0v) is 26.9. The number of hydrogen-bond donors (Lipinski definition) is 0. The van der Waals surface area contributed by atoms with Crippen LogP contribution in [0.25, 0.3) is 72.2 Å². The molecule has 3 heterocycles. The van der Waals surface area contributed by atoms with Gasteiger partial charge in [0.25, 0.3) is 0 Å². The van der Waals surface area contributed by atoms with E-state index < -0.39 is 0 Å². The summed E-state index contributed by atoms with van der Waals surface area (Å²) in [5.74, 6) is 2.18. The number of hydrogen-bond acceptors (Lipinski definition) is 1. The van der Waals surface area contributed by atoms with Crippen LogP contribution in [0.15, 0.2) is 146 Å². The van der Waals surface area contributed by atoms with Crippen LogP contribution in [0, 0.1) is 0 Å². The fourth-order valence-corrected chi connectivity index (χ4v) is 8.89. The van der Waals surface area contributed by atoms with E-state index in [9.17, 15) is 0 Å². The van der Waals surface area contributed by atoms with Crippen molar-refractivity contribution < 1.29 is 4.74 Å². The van der Waals surface area contributed by atoms with Gasteiger partial charge in [0.1, 0.15) is 11.5 Å². The smallest absolute Gasteiger partial charge is 0.134 e. The zero-order valence-electron chi connectivity index (χ0n) is 26.9. The Hall–Kier alpha value is -6.06. The first-order valence-corrected chi connectivity index (χ1v) is 17.4. The first-order chi connectivity index (χ1) is 24.3. The number of aromatic nitrogens is 2. The number of para-hydroxylation sites is 3. The van der Waals surface area contributed by atoms with Gasteiger partial charge in [0.2, 0.25) is 0 Å². The van der Waals surface area contributed by atoms with Crippen LogP contribution in [-0.2, 0) is 0 Å². The SMILES string of the molecule is C1=CCCC(n2c3ccccc3c3c4c5c(cc32)Oc2ccc(-c3cccc6c3c3ccccc3n6-c3ccccc3)cc2C5CC=C4)=C1. The third-order valence-electron chi connectivity index (χ3n) is 10.9. The maximum atomic E-state index is 6.90. The molecule has 1 aliphatic heterocycles. The Morgan fingerprint density at radius 2 is 1.39 bits per heavy atom. The highest BCUT2D eigenvalue weighted by Gasteiger charge is 2.34. The molecule has 2 aliphatic carbocycles. The highest BCUT2D eigenvalue weighted by atomic mass is 16.5. The van der Waals surface area contributed by atoms with Crippen molar-refractivity contribution in [1.82, 2.24) is 9.13 Å². The normalized spacial score (nSPS) is 16.2. The minimum atomic E-state index is 0.229. The quantitative estimate of drug-likeness (QED) is 0.190. The number of rotatable bonds is 3. The molecule has 11 rings (SSSR count). The van der Waals surface area contributed by atoms with Crippen LogP contribution in [0.4, 0.5) is 0 Å². The third-order valence-corrected chi connectivity index (χ3v) is 10.9. The standard InChI is InChI=1S/C46H32N2O/c1-3-13-30(14-4-1)47-38-22-9-7-17-34(38)44-32(19-12-24-40(44)47)29-25-26-42-37(27-29)33-20-11-21-36-45-35-18-8-10-23-39(35)48(31-15-5-2-6-16-31)41(45)28-43(49-42)46(33)36/h1-5,7-15,17-19,21-28,33H,6,16,20H2. The van der Waals surface area contributed by atoms with Gasteiger partial charge < -0.3 is 13.9 Å². The van der Waals surface area contributed by atoms with Crippen molar-refractivity contribution in [1.29, 1.82) is 0 Å². The predicted octanol–water partition coefficient (Wildman–Crippen LogP) is 12.4. The summed E-state index contributed by atoms with van der Waals surface area (Å²) in [6, 6.07) is 44.3. The van der Waals surface area contributed by atoms with Gasteiger partial charge in [-0.2, -0.15) is 0 Å². The molecule has 2 aromatic heterocycles. The Morgan fingerprint density at radius 1 is 0.612 bits per heavy atom. The van der Waals surface area contributed by atoms with Gasteiger partial charge in [0, 0.05) is 56.0 Å². The Balaban J connectivity index is 1.12. The summed E-state index contributed by atoms with van der Waals surface area (Å²) in [7, 11) is 0. The number of nitrogens with zero attached hydrogens (tertiary/aromatic N) is 2. The molecule has 6 aromatic carbocycles. The summed E-state index contributed by atoms with van der Waals surface area (Å²) in [6.45, 7) is 0. The van der Waals surface area contributed by atoms with Gasteiger partial charge in [0.15, 0.2) is 0 Å². The lowest BCUT2D eigenvalue weighted by Gasteiger charge is -2.32. The van der Waals surface area contributed by atoms with Crippen LogP contribution in [0.5, 0.6) is 11.5 Å². The fourth-order valence-electron chi connectivity index (χ4n) is 8.89. The summed E-state index contributed by atoms with van der Waals surface area (Å²) < 4.78 is 11.8. The van der Waals surface area contributed by atoms with E-state index in [0.717, 1.165) is 30.8 Å². The molecule has 0 spiro atoms. The molecule has 1 atom stereocenters. The molecular weight excluding hydrogens is 597 g/mol. The largest absolute Gasteiger partial charge is 0.457 e. The molecule has 8 aromatic rings. The number of allylic oxidation sites excluding steroid dienone is 5. The van der Waals surface area contributed by atoms with Crippen molar-refractivity contribution in [2.45, 2.75) is 25.2 Å². The Labute approximate surface area is 284 Å². The summed E-state index contributed by atoms with van der Waals surface area (Å²) in [4.78, 5) is 0. The number of benzene rings is 6. The third kappa shape index (κ3) is 3.79. The Kier molecular flexibility index (Phi) is 5.62. The van der Waals surface area contributed by atoms with E-state index in [1.54, 1.807) is 0 Å². The van der Waals surface area contributed by atoms with Gasteiger partial charge in [-0.25, -0.2) is 0 Å². The molecule has 3 heteroatoms. The first kappa shape index (κ1) is 26.9. The van der Waals surface area contributed by atoms with Crippen molar-refractivity contribution in [3.8, 4) is 28.3 Å². The summed E-state index contributed by atoms with van der Waals surface area (Å²) in [6.07, 6.45) is 14.5. The molecule has 0 saturated carbocycles. The molecule has 1 unspecified atom stereocenters. The van der Waals surface area contributed by atoms with E-state index in [2.05, 4.69) is 161 Å². The molecule has 0 fully saturated rings. The molecule has 232 valence electrons. The van der Waals surface area contributed by atoms with Gasteiger partial charge in [-0.3, -0.25) is 0 Å². The van der Waals surface area contributed by atoms with Crippen LogP contribution in [0.2, 0.25) is 0 Å². The van der Waals surface area contributed by atoms with Crippen molar-refractivity contribution in [3.05, 3.63) is 162 Å². The minimum absolute atomic E-state index is 0.229. The summed E-state index contributed by atoms with van der Waals surface area (Å²) in [5.41, 5.74) is 13.8. The van der Waals surface area contributed by atoms with Crippen molar-refractivity contribution in [3.63, 3.8) is 0 Å². The summed E-state index contributed by atoms with van der Waals surface area (Å²) >= 11 is 0. The average molecular weight is 629 g/mol. The van der Waals surface area contributed by atoms with Crippen molar-refractivity contribution in [2.24, 2.45) is 0 Å². The van der Waals surface area contributed by atoms with Gasteiger partial charge in [-0.1, -0.05) is 97.1 Å². The molecule has 3 aliphatic rings. The van der Waals surface area contributed by atoms with Crippen LogP contribution >= 0.6 is 0 Å². The average Bonchev–Trinajstić information content (AvgIpc) is 3.68. The summed E-state index contributed by atoms with van der Waals surface area (Å²) in [5, 5.41) is 5.18. The van der Waals surface area contributed by atoms with Crippen LogP contribution in [-0.4, -0.2) is 9.13 Å². The van der Waals surface area contributed by atoms with Gasteiger partial charge in [-0.15, -0.1) is 0 Å². The van der Waals surface area contributed by atoms with E-state index in [1.165, 1.54) is 82.8 Å². The Bertz CT molecular complexity index is 2770. The van der Waals surface area contributed by atoms with E-state index in [-0.39, 0.29) is 5.92 Å². The Morgan fingerprint density at radius 3 is 2.22 bits per heavy atom. The fraction of sp³-hybridized carbons (Fsp3) is 0.0870. The zero-order chi connectivity index (χ0) is 32.1. The molecule has 3 nitrogen and oxygen atoms in total. The molecule has 49 heavy (non-hydrogen) atoms. The number of fused-ring (bicyclic) bond motifs is 9. The molecule has 0 N–H and O–H groups in total. The molecule has 0 saturated heterocycles. The van der Waals surface area contributed by atoms with E-state index >= 15 is 0 Å². The van der Waals surface area contributed by atoms with Crippen molar-refractivity contribution in [2.75, 3.05) is 0 Å². The van der Waals surface area contributed by atoms with E-state index in [1.807, 2.05) is 0 Å². The predicted molar refractivity (Wildman–Crippen MR) is 204 cm³/mol. The second kappa shape index (κ2) is 10.2. The van der Waals surface area contributed by atoms with Crippen LogP contribution in [0.1, 0.15) is 41.9 Å². The van der Waals surface area contributed by atoms with Crippen molar-refractivity contribution >= 4 is 55.4 Å². The molecule has 0 amide bonds. The topological polar surface area (TPSA) is 19.1 Å². The highest BCUT2D eigenvalue weighted by Crippen LogP contribution is 2.54. The number of ether oxygens (including phenoxy) is 1. The van der Waals surface area contributed by atoms with Crippen LogP contribution < -0.4 is 4.74 Å². The maximum absolute atomic E-state index is 6.90. The minimum Gasteiger partial charge on any atom is -0.457 e. The lowest BCUT2D eigenvalue weighted by Crippen LogP contribution is -2.14. The van der Waals surface area contributed by atoms with Gasteiger partial charge in [0.05, 0.1) is 22.1 Å². The lowest BCUT2D eigenvalue weighted by atomic mass is 9.78. The lowest BCUT2D eigenvalue weighted by molar-refractivity contribution is 0.445. The second-order valence-electron chi connectivity index (χ2n) is 13.5. The highest BCUT2D eigenvalue weighted by molar-refractivity contribution is 6.16. The monoisotopic (exact) mass is 628 g/mol. The maximum Gasteiger partial charge on any atom is 0.134 e. The van der Waals surface area contributed by atoms with E-state index in [0.29, 0.717) is 0 Å². The van der Waals surface area contributed by atoms with Gasteiger partial charge in [-0.05, 0) is 84.5 Å². The molecular formula is C46H32N2O. The van der Waals surface area contributed by atoms with Crippen LogP contribution in [0.3, 0.4) is 0 Å². The molecule has 0 bridgehead atoms.